The average molecular weight is 373 g/mol. The van der Waals surface area contributed by atoms with Gasteiger partial charge in [-0.1, -0.05) is 11.8 Å². The minimum atomic E-state index is -0.563. The Morgan fingerprint density at radius 2 is 1.93 bits per heavy atom. The maximum absolute atomic E-state index is 13.0. The third kappa shape index (κ3) is 3.09. The van der Waals surface area contributed by atoms with Gasteiger partial charge in [0.05, 0.1) is 24.1 Å². The Morgan fingerprint density at radius 3 is 2.75 bits per heavy atom. The second kappa shape index (κ2) is 6.86. The first-order chi connectivity index (χ1) is 13.7. The molecule has 2 aliphatic rings. The van der Waals surface area contributed by atoms with E-state index in [-0.39, 0.29) is 5.56 Å². The summed E-state index contributed by atoms with van der Waals surface area (Å²) in [7, 11) is 0. The monoisotopic (exact) mass is 373 g/mol. The summed E-state index contributed by atoms with van der Waals surface area (Å²) < 4.78 is 13.4. The van der Waals surface area contributed by atoms with Gasteiger partial charge >= 0.3 is 0 Å². The Kier molecular flexibility index (Phi) is 4.19. The van der Waals surface area contributed by atoms with Gasteiger partial charge in [0.15, 0.2) is 5.79 Å². The predicted molar refractivity (Wildman–Crippen MR) is 104 cm³/mol. The molecule has 0 amide bonds. The molecule has 0 atom stereocenters. The minimum absolute atomic E-state index is 0.0122. The maximum atomic E-state index is 13.0. The second-order valence-corrected chi connectivity index (χ2v) is 7.07. The van der Waals surface area contributed by atoms with E-state index in [4.69, 9.17) is 14.5 Å². The van der Waals surface area contributed by atoms with Gasteiger partial charge in [0.1, 0.15) is 5.82 Å². The molecule has 0 unspecified atom stereocenters. The van der Waals surface area contributed by atoms with Gasteiger partial charge in [0, 0.05) is 49.3 Å². The summed E-state index contributed by atoms with van der Waals surface area (Å²) in [5, 5.41) is 0.611. The summed E-state index contributed by atoms with van der Waals surface area (Å²) in [6.45, 7) is 1.78. The molecule has 3 aromatic rings. The van der Waals surface area contributed by atoms with E-state index in [9.17, 15) is 4.79 Å². The number of fused-ring (bicyclic) bond motifs is 2. The molecule has 6 heteroatoms. The number of aromatic nitrogens is 3. The number of nitrogens with zero attached hydrogens (tertiary/aromatic N) is 3. The van der Waals surface area contributed by atoms with E-state index in [1.54, 1.807) is 17.0 Å². The van der Waals surface area contributed by atoms with Gasteiger partial charge in [-0.25, -0.2) is 4.98 Å². The Morgan fingerprint density at radius 1 is 1.07 bits per heavy atom. The molecule has 2 aromatic heterocycles. The molecular weight excluding hydrogens is 354 g/mol. The topological polar surface area (TPSA) is 66.2 Å². The summed E-state index contributed by atoms with van der Waals surface area (Å²) in [4.78, 5) is 21.9. The average Bonchev–Trinajstić information content (AvgIpc) is 3.11. The zero-order chi connectivity index (χ0) is 19.0. The SMILES string of the molecule is O=c1c2ccc(C#Cc3cccnc3)cc2nc2n1CCC1(CC2)OCCO1. The van der Waals surface area contributed by atoms with Gasteiger partial charge in [0.2, 0.25) is 0 Å². The molecule has 5 rings (SSSR count). The van der Waals surface area contributed by atoms with Crippen molar-refractivity contribution < 1.29 is 9.47 Å². The van der Waals surface area contributed by atoms with Crippen molar-refractivity contribution in [2.75, 3.05) is 13.2 Å². The molecule has 0 bridgehead atoms. The van der Waals surface area contributed by atoms with Crippen molar-refractivity contribution in [2.24, 2.45) is 0 Å². The van der Waals surface area contributed by atoms with Crippen molar-refractivity contribution >= 4 is 10.9 Å². The lowest BCUT2D eigenvalue weighted by Crippen LogP contribution is -2.31. The van der Waals surface area contributed by atoms with Crippen LogP contribution in [0, 0.1) is 11.8 Å². The molecule has 1 spiro atoms. The normalized spacial score (nSPS) is 17.7. The highest BCUT2D eigenvalue weighted by Gasteiger charge is 2.38. The van der Waals surface area contributed by atoms with Crippen molar-refractivity contribution in [1.29, 1.82) is 0 Å². The molecule has 4 heterocycles. The maximum Gasteiger partial charge on any atom is 0.261 e. The fraction of sp³-hybridized carbons (Fsp3) is 0.318. The standard InChI is InChI=1S/C22H19N3O3/c26-21-18-6-5-16(3-4-17-2-1-10-23-15-17)14-19(18)24-20-7-8-22(9-11-25(20)21)27-12-13-28-22/h1-2,5-6,10,14-15H,7-9,11-13H2. The molecule has 0 N–H and O–H groups in total. The van der Waals surface area contributed by atoms with Gasteiger partial charge in [-0.05, 0) is 30.3 Å². The van der Waals surface area contributed by atoms with Crippen molar-refractivity contribution in [3.05, 3.63) is 70.0 Å². The van der Waals surface area contributed by atoms with E-state index in [0.717, 1.165) is 17.0 Å². The number of benzene rings is 1. The van der Waals surface area contributed by atoms with Crippen LogP contribution in [0.2, 0.25) is 0 Å². The number of pyridine rings is 1. The van der Waals surface area contributed by atoms with E-state index in [0.29, 0.717) is 49.9 Å². The summed E-state index contributed by atoms with van der Waals surface area (Å²) in [6, 6.07) is 9.32. The van der Waals surface area contributed by atoms with Crippen LogP contribution in [0.4, 0.5) is 0 Å². The van der Waals surface area contributed by atoms with Crippen LogP contribution >= 0.6 is 0 Å². The number of rotatable bonds is 0. The Bertz CT molecular complexity index is 1150. The largest absolute Gasteiger partial charge is 0.347 e. The van der Waals surface area contributed by atoms with Gasteiger partial charge in [-0.2, -0.15) is 0 Å². The quantitative estimate of drug-likeness (QED) is 0.566. The number of hydrogen-bond acceptors (Lipinski definition) is 5. The highest BCUT2D eigenvalue weighted by molar-refractivity contribution is 5.79. The first kappa shape index (κ1) is 17.1. The fourth-order valence-electron chi connectivity index (χ4n) is 3.84. The van der Waals surface area contributed by atoms with E-state index < -0.39 is 5.79 Å². The van der Waals surface area contributed by atoms with Crippen LogP contribution in [-0.4, -0.2) is 33.5 Å². The predicted octanol–water partition coefficient (Wildman–Crippen LogP) is 2.27. The molecule has 1 aromatic carbocycles. The van der Waals surface area contributed by atoms with Crippen LogP contribution in [-0.2, 0) is 22.4 Å². The van der Waals surface area contributed by atoms with Crippen molar-refractivity contribution in [3.63, 3.8) is 0 Å². The number of aryl methyl sites for hydroxylation is 1. The molecule has 1 saturated heterocycles. The Hall–Kier alpha value is -3.01. The minimum Gasteiger partial charge on any atom is -0.347 e. The van der Waals surface area contributed by atoms with Crippen LogP contribution in [0.15, 0.2) is 47.5 Å². The lowest BCUT2D eigenvalue weighted by atomic mass is 10.1. The summed E-state index contributed by atoms with van der Waals surface area (Å²) in [6.07, 6.45) is 5.47. The Labute approximate surface area is 162 Å². The van der Waals surface area contributed by atoms with Gasteiger partial charge in [0.25, 0.3) is 5.56 Å². The number of ether oxygens (including phenoxy) is 2. The first-order valence-corrected chi connectivity index (χ1v) is 9.46. The highest BCUT2D eigenvalue weighted by atomic mass is 16.7. The summed E-state index contributed by atoms with van der Waals surface area (Å²) in [5.41, 5.74) is 2.33. The molecule has 0 saturated carbocycles. The summed E-state index contributed by atoms with van der Waals surface area (Å²) in [5.74, 6) is 6.43. The van der Waals surface area contributed by atoms with Gasteiger partial charge in [-0.15, -0.1) is 0 Å². The summed E-state index contributed by atoms with van der Waals surface area (Å²) >= 11 is 0. The molecule has 28 heavy (non-hydrogen) atoms. The van der Waals surface area contributed by atoms with Crippen LogP contribution < -0.4 is 5.56 Å². The van der Waals surface area contributed by atoms with E-state index in [1.165, 1.54) is 0 Å². The van der Waals surface area contributed by atoms with Crippen LogP contribution in [0.5, 0.6) is 0 Å². The van der Waals surface area contributed by atoms with E-state index in [1.807, 2.05) is 30.3 Å². The second-order valence-electron chi connectivity index (χ2n) is 7.07. The molecule has 6 nitrogen and oxygen atoms in total. The molecular formula is C22H19N3O3. The van der Waals surface area contributed by atoms with Crippen LogP contribution in [0.1, 0.15) is 29.8 Å². The van der Waals surface area contributed by atoms with E-state index in [2.05, 4.69) is 16.8 Å². The molecule has 0 radical (unpaired) electrons. The fourth-order valence-corrected chi connectivity index (χ4v) is 3.84. The number of hydrogen-bond donors (Lipinski definition) is 0. The lowest BCUT2D eigenvalue weighted by molar-refractivity contribution is -0.165. The van der Waals surface area contributed by atoms with Crippen molar-refractivity contribution in [1.82, 2.24) is 14.5 Å². The van der Waals surface area contributed by atoms with Crippen molar-refractivity contribution in [2.45, 2.75) is 31.6 Å². The zero-order valence-electron chi connectivity index (χ0n) is 15.4. The van der Waals surface area contributed by atoms with Crippen LogP contribution in [0.25, 0.3) is 10.9 Å². The first-order valence-electron chi connectivity index (χ1n) is 9.46. The third-order valence-electron chi connectivity index (χ3n) is 5.31. The van der Waals surface area contributed by atoms with Gasteiger partial charge in [-0.3, -0.25) is 14.3 Å². The Balaban J connectivity index is 1.52. The third-order valence-corrected chi connectivity index (χ3v) is 5.31. The molecule has 0 aliphatic carbocycles. The van der Waals surface area contributed by atoms with Crippen LogP contribution in [0.3, 0.4) is 0 Å². The highest BCUT2D eigenvalue weighted by Crippen LogP contribution is 2.31. The molecule has 2 aliphatic heterocycles. The van der Waals surface area contributed by atoms with E-state index >= 15 is 0 Å². The lowest BCUT2D eigenvalue weighted by Gasteiger charge is -2.24. The molecule has 1 fully saturated rings. The van der Waals surface area contributed by atoms with Gasteiger partial charge < -0.3 is 9.47 Å². The van der Waals surface area contributed by atoms with Crippen molar-refractivity contribution in [3.8, 4) is 11.8 Å². The zero-order valence-corrected chi connectivity index (χ0v) is 15.4. The smallest absolute Gasteiger partial charge is 0.261 e. The molecule has 140 valence electrons.